The van der Waals surface area contributed by atoms with Crippen molar-refractivity contribution >= 4 is 5.91 Å². The van der Waals surface area contributed by atoms with E-state index in [9.17, 15) is 4.79 Å². The first-order valence-corrected chi connectivity index (χ1v) is 9.23. The van der Waals surface area contributed by atoms with E-state index in [1.165, 1.54) is 0 Å². The summed E-state index contributed by atoms with van der Waals surface area (Å²) < 4.78 is 9.67. The van der Waals surface area contributed by atoms with Crippen molar-refractivity contribution in [3.63, 3.8) is 0 Å². The lowest BCUT2D eigenvalue weighted by molar-refractivity contribution is -0.132. The lowest BCUT2D eigenvalue weighted by Gasteiger charge is -2.24. The molecule has 1 aliphatic rings. The molecular weight excluding hydrogens is 342 g/mol. The fraction of sp³-hybridized carbons (Fsp3) is 0.350. The van der Waals surface area contributed by atoms with Crippen LogP contribution >= 0.6 is 0 Å². The predicted molar refractivity (Wildman–Crippen MR) is 101 cm³/mol. The standard InChI is InChI=1S/C20H23N5O2/c26-19(16-24-12-9-21-20(24)17-6-2-1-3-7-17)23-10-5-13-27-18(14-23)15-25-11-4-8-22-25/h1-4,6-9,11-12,18H,5,10,13-16H2/t18-/m1/s1. The Balaban J connectivity index is 1.44. The zero-order valence-corrected chi connectivity index (χ0v) is 15.1. The van der Waals surface area contributed by atoms with Crippen LogP contribution in [0.2, 0.25) is 0 Å². The summed E-state index contributed by atoms with van der Waals surface area (Å²) in [5.74, 6) is 0.893. The van der Waals surface area contributed by atoms with Gasteiger partial charge in [-0.25, -0.2) is 4.98 Å². The molecule has 1 atom stereocenters. The molecule has 0 saturated carbocycles. The summed E-state index contributed by atoms with van der Waals surface area (Å²) in [6.45, 7) is 2.88. The molecule has 0 aliphatic carbocycles. The zero-order valence-electron chi connectivity index (χ0n) is 15.1. The molecule has 7 heteroatoms. The van der Waals surface area contributed by atoms with Crippen LogP contribution in [-0.2, 0) is 22.6 Å². The van der Waals surface area contributed by atoms with E-state index in [0.29, 0.717) is 26.2 Å². The van der Waals surface area contributed by atoms with Gasteiger partial charge in [-0.3, -0.25) is 9.48 Å². The molecule has 1 aromatic carbocycles. The Morgan fingerprint density at radius 2 is 2.04 bits per heavy atom. The van der Waals surface area contributed by atoms with E-state index in [1.807, 2.05) is 62.9 Å². The van der Waals surface area contributed by atoms with Crippen LogP contribution in [0.4, 0.5) is 0 Å². The molecule has 140 valence electrons. The summed E-state index contributed by atoms with van der Waals surface area (Å²) in [6.07, 6.45) is 8.06. The smallest absolute Gasteiger partial charge is 0.242 e. The minimum Gasteiger partial charge on any atom is -0.374 e. The summed E-state index contributed by atoms with van der Waals surface area (Å²) in [5.41, 5.74) is 1.01. The lowest BCUT2D eigenvalue weighted by atomic mass is 10.2. The monoisotopic (exact) mass is 365 g/mol. The number of carbonyl (C=O) groups excluding carboxylic acids is 1. The molecule has 7 nitrogen and oxygen atoms in total. The highest BCUT2D eigenvalue weighted by Gasteiger charge is 2.23. The number of amides is 1. The maximum atomic E-state index is 12.9. The lowest BCUT2D eigenvalue weighted by Crippen LogP contribution is -2.40. The largest absolute Gasteiger partial charge is 0.374 e. The van der Waals surface area contributed by atoms with Gasteiger partial charge in [-0.15, -0.1) is 0 Å². The summed E-state index contributed by atoms with van der Waals surface area (Å²) in [6, 6.07) is 11.8. The van der Waals surface area contributed by atoms with Crippen molar-refractivity contribution in [2.24, 2.45) is 0 Å². The maximum absolute atomic E-state index is 12.9. The number of carbonyl (C=O) groups is 1. The van der Waals surface area contributed by atoms with E-state index in [2.05, 4.69) is 10.1 Å². The fourth-order valence-electron chi connectivity index (χ4n) is 3.38. The minimum absolute atomic E-state index is 0.0484. The predicted octanol–water partition coefficient (Wildman–Crippen LogP) is 2.06. The van der Waals surface area contributed by atoms with Crippen molar-refractivity contribution in [3.05, 3.63) is 61.2 Å². The summed E-state index contributed by atoms with van der Waals surface area (Å²) in [7, 11) is 0. The molecule has 1 amide bonds. The van der Waals surface area contributed by atoms with Crippen LogP contribution in [0.25, 0.3) is 11.4 Å². The van der Waals surface area contributed by atoms with E-state index >= 15 is 0 Å². The molecule has 1 fully saturated rings. The van der Waals surface area contributed by atoms with Crippen molar-refractivity contribution in [3.8, 4) is 11.4 Å². The number of imidazole rings is 1. The van der Waals surface area contributed by atoms with Gasteiger partial charge in [0.2, 0.25) is 5.91 Å². The van der Waals surface area contributed by atoms with Gasteiger partial charge in [0.1, 0.15) is 12.4 Å². The van der Waals surface area contributed by atoms with E-state index in [4.69, 9.17) is 4.74 Å². The quantitative estimate of drug-likeness (QED) is 0.694. The van der Waals surface area contributed by atoms with Crippen molar-refractivity contribution in [2.75, 3.05) is 19.7 Å². The molecule has 0 radical (unpaired) electrons. The van der Waals surface area contributed by atoms with Crippen molar-refractivity contribution < 1.29 is 9.53 Å². The second-order valence-electron chi connectivity index (χ2n) is 6.66. The number of ether oxygens (including phenoxy) is 1. The molecule has 27 heavy (non-hydrogen) atoms. The zero-order chi connectivity index (χ0) is 18.5. The SMILES string of the molecule is O=C(Cn1ccnc1-c1ccccc1)N1CCCO[C@@H](Cn2cccn2)C1. The highest BCUT2D eigenvalue weighted by atomic mass is 16.5. The van der Waals surface area contributed by atoms with Gasteiger partial charge < -0.3 is 14.2 Å². The second kappa shape index (κ2) is 8.18. The Kier molecular flexibility index (Phi) is 5.29. The summed E-state index contributed by atoms with van der Waals surface area (Å²) in [4.78, 5) is 19.3. The van der Waals surface area contributed by atoms with Gasteiger partial charge in [-0.2, -0.15) is 5.10 Å². The van der Waals surface area contributed by atoms with Crippen molar-refractivity contribution in [1.82, 2.24) is 24.2 Å². The van der Waals surface area contributed by atoms with Gasteiger partial charge in [0, 0.05) is 50.0 Å². The number of rotatable bonds is 5. The number of hydrogen-bond acceptors (Lipinski definition) is 4. The number of aromatic nitrogens is 4. The molecule has 3 aromatic rings. The average molecular weight is 365 g/mol. The van der Waals surface area contributed by atoms with E-state index in [1.54, 1.807) is 12.4 Å². The van der Waals surface area contributed by atoms with Crippen molar-refractivity contribution in [1.29, 1.82) is 0 Å². The van der Waals surface area contributed by atoms with Gasteiger partial charge in [-0.1, -0.05) is 30.3 Å². The van der Waals surface area contributed by atoms with E-state index < -0.39 is 0 Å². The summed E-state index contributed by atoms with van der Waals surface area (Å²) >= 11 is 0. The van der Waals surface area contributed by atoms with Crippen LogP contribution in [0.1, 0.15) is 6.42 Å². The first kappa shape index (κ1) is 17.5. The van der Waals surface area contributed by atoms with Gasteiger partial charge >= 0.3 is 0 Å². The third-order valence-corrected chi connectivity index (χ3v) is 4.71. The van der Waals surface area contributed by atoms with Gasteiger partial charge in [-0.05, 0) is 12.5 Å². The average Bonchev–Trinajstić information content (AvgIpc) is 3.31. The molecular formula is C20H23N5O2. The van der Waals surface area contributed by atoms with Crippen LogP contribution in [0.3, 0.4) is 0 Å². The Hall–Kier alpha value is -2.93. The normalized spacial score (nSPS) is 17.6. The van der Waals surface area contributed by atoms with Gasteiger partial charge in [0.05, 0.1) is 12.6 Å². The molecule has 0 N–H and O–H groups in total. The highest BCUT2D eigenvalue weighted by Crippen LogP contribution is 2.17. The molecule has 0 spiro atoms. The third kappa shape index (κ3) is 4.25. The van der Waals surface area contributed by atoms with E-state index in [-0.39, 0.29) is 18.6 Å². The topological polar surface area (TPSA) is 65.2 Å². The van der Waals surface area contributed by atoms with Crippen molar-refractivity contribution in [2.45, 2.75) is 25.6 Å². The molecule has 1 aliphatic heterocycles. The first-order chi connectivity index (χ1) is 13.3. The van der Waals surface area contributed by atoms with Crippen LogP contribution in [0, 0.1) is 0 Å². The Labute approximate surface area is 158 Å². The number of benzene rings is 1. The number of hydrogen-bond donors (Lipinski definition) is 0. The summed E-state index contributed by atoms with van der Waals surface area (Å²) in [5, 5.41) is 4.24. The number of nitrogens with zero attached hydrogens (tertiary/aromatic N) is 5. The van der Waals surface area contributed by atoms with Crippen LogP contribution in [-0.4, -0.2) is 55.9 Å². The molecule has 1 saturated heterocycles. The molecule has 2 aromatic heterocycles. The maximum Gasteiger partial charge on any atom is 0.242 e. The molecule has 4 rings (SSSR count). The van der Waals surface area contributed by atoms with Crippen LogP contribution in [0.15, 0.2) is 61.2 Å². The van der Waals surface area contributed by atoms with Gasteiger partial charge in [0.15, 0.2) is 0 Å². The van der Waals surface area contributed by atoms with E-state index in [0.717, 1.165) is 17.8 Å². The molecule has 0 bridgehead atoms. The molecule has 3 heterocycles. The highest BCUT2D eigenvalue weighted by molar-refractivity contribution is 5.76. The first-order valence-electron chi connectivity index (χ1n) is 9.23. The Morgan fingerprint density at radius 1 is 1.15 bits per heavy atom. The fourth-order valence-corrected chi connectivity index (χ4v) is 3.38. The van der Waals surface area contributed by atoms with Crippen LogP contribution in [0.5, 0.6) is 0 Å². The third-order valence-electron chi connectivity index (χ3n) is 4.71. The minimum atomic E-state index is -0.0484. The second-order valence-corrected chi connectivity index (χ2v) is 6.66. The van der Waals surface area contributed by atoms with Gasteiger partial charge in [0.25, 0.3) is 0 Å². The Morgan fingerprint density at radius 3 is 2.85 bits per heavy atom. The molecule has 0 unspecified atom stereocenters. The Bertz CT molecular complexity index is 860. The van der Waals surface area contributed by atoms with Crippen LogP contribution < -0.4 is 0 Å².